The molecule has 1 heterocycles. The fraction of sp³-hybridized carbons (Fsp3) is 0.500. The first kappa shape index (κ1) is 19.4. The molecule has 2 fully saturated rings. The Bertz CT molecular complexity index is 1130. The van der Waals surface area contributed by atoms with Crippen molar-refractivity contribution >= 4 is 16.6 Å². The minimum atomic E-state index is -0.896. The number of nitrogens with zero attached hydrogens (tertiary/aromatic N) is 1. The van der Waals surface area contributed by atoms with E-state index in [9.17, 15) is 9.90 Å². The van der Waals surface area contributed by atoms with Crippen LogP contribution in [-0.4, -0.2) is 21.5 Å². The standard InChI is InChI=1S/C28H31NO2/c1-27-11-8-19-15-22-4-5-23(30)16-28(22,31)12-9-24(19)26(27)7-6-25(27)20-3-2-18-10-13-29-17-21(18)14-20/h2-3,8,10,13-15,17,24-26,31H,4-7,9,11-12,16H2,1H3. The lowest BCUT2D eigenvalue weighted by Gasteiger charge is -2.44. The smallest absolute Gasteiger partial charge is 0.136 e. The predicted molar refractivity (Wildman–Crippen MR) is 123 cm³/mol. The van der Waals surface area contributed by atoms with Crippen molar-refractivity contribution in [1.29, 1.82) is 0 Å². The highest BCUT2D eigenvalue weighted by Gasteiger charge is 2.53. The molecule has 4 aliphatic rings. The van der Waals surface area contributed by atoms with Gasteiger partial charge in [0.2, 0.25) is 0 Å². The van der Waals surface area contributed by atoms with Gasteiger partial charge in [-0.1, -0.05) is 31.2 Å². The first-order chi connectivity index (χ1) is 15.0. The molecule has 160 valence electrons. The van der Waals surface area contributed by atoms with Crippen molar-refractivity contribution < 1.29 is 9.90 Å². The highest BCUT2D eigenvalue weighted by atomic mass is 16.3. The van der Waals surface area contributed by atoms with Crippen LogP contribution >= 0.6 is 0 Å². The third-order valence-electron chi connectivity index (χ3n) is 9.14. The van der Waals surface area contributed by atoms with Crippen LogP contribution in [-0.2, 0) is 4.79 Å². The highest BCUT2D eigenvalue weighted by molar-refractivity contribution is 5.82. The molecule has 0 radical (unpaired) electrons. The van der Waals surface area contributed by atoms with E-state index in [-0.39, 0.29) is 11.2 Å². The van der Waals surface area contributed by atoms with Gasteiger partial charge in [0.05, 0.1) is 5.60 Å². The minimum Gasteiger partial charge on any atom is -0.385 e. The van der Waals surface area contributed by atoms with Crippen LogP contribution < -0.4 is 0 Å². The molecule has 0 bridgehead atoms. The van der Waals surface area contributed by atoms with E-state index >= 15 is 0 Å². The van der Waals surface area contributed by atoms with Crippen LogP contribution in [0.3, 0.4) is 0 Å². The van der Waals surface area contributed by atoms with Gasteiger partial charge in [-0.15, -0.1) is 0 Å². The summed E-state index contributed by atoms with van der Waals surface area (Å²) < 4.78 is 0. The van der Waals surface area contributed by atoms with Gasteiger partial charge in [-0.3, -0.25) is 9.78 Å². The van der Waals surface area contributed by atoms with E-state index in [1.165, 1.54) is 34.8 Å². The van der Waals surface area contributed by atoms with Gasteiger partial charge in [-0.2, -0.15) is 0 Å². The average molecular weight is 414 g/mol. The summed E-state index contributed by atoms with van der Waals surface area (Å²) in [5.74, 6) is 1.92. The number of carbonyl (C=O) groups excluding carboxylic acids is 1. The number of aliphatic hydroxyl groups is 1. The van der Waals surface area contributed by atoms with Crippen LogP contribution in [0.1, 0.15) is 69.8 Å². The second kappa shape index (κ2) is 6.87. The maximum atomic E-state index is 12.1. The Balaban J connectivity index is 1.34. The SMILES string of the molecule is CC12CC=C3C=C4CCC(=O)CC4(O)CCC3C1CCC2c1ccc2ccncc2c1. The first-order valence-corrected chi connectivity index (χ1v) is 12.0. The van der Waals surface area contributed by atoms with Gasteiger partial charge in [0.15, 0.2) is 0 Å². The molecule has 1 N–H and O–H groups in total. The lowest BCUT2D eigenvalue weighted by molar-refractivity contribution is -0.125. The fourth-order valence-corrected chi connectivity index (χ4v) is 7.43. The Labute approximate surface area is 184 Å². The van der Waals surface area contributed by atoms with Crippen molar-refractivity contribution in [2.75, 3.05) is 0 Å². The van der Waals surface area contributed by atoms with Crippen LogP contribution in [0.4, 0.5) is 0 Å². The van der Waals surface area contributed by atoms with Crippen LogP contribution in [0.25, 0.3) is 10.8 Å². The second-order valence-corrected chi connectivity index (χ2v) is 10.7. The Morgan fingerprint density at radius 2 is 2.00 bits per heavy atom. The van der Waals surface area contributed by atoms with Crippen LogP contribution in [0.2, 0.25) is 0 Å². The summed E-state index contributed by atoms with van der Waals surface area (Å²) in [6.07, 6.45) is 15.5. The van der Waals surface area contributed by atoms with Gasteiger partial charge < -0.3 is 5.11 Å². The van der Waals surface area contributed by atoms with Gasteiger partial charge in [0.25, 0.3) is 0 Å². The van der Waals surface area contributed by atoms with E-state index < -0.39 is 5.60 Å². The lowest BCUT2D eigenvalue weighted by atomic mass is 9.60. The van der Waals surface area contributed by atoms with Crippen molar-refractivity contribution in [2.24, 2.45) is 17.3 Å². The Kier molecular flexibility index (Phi) is 4.30. The quantitative estimate of drug-likeness (QED) is 0.635. The molecule has 3 heteroatoms. The molecular weight excluding hydrogens is 382 g/mol. The van der Waals surface area contributed by atoms with Crippen LogP contribution in [0.5, 0.6) is 0 Å². The van der Waals surface area contributed by atoms with Gasteiger partial charge in [-0.25, -0.2) is 0 Å². The molecule has 2 aromatic rings. The molecule has 31 heavy (non-hydrogen) atoms. The molecule has 0 saturated heterocycles. The van der Waals surface area contributed by atoms with Crippen molar-refractivity contribution in [3.05, 3.63) is 65.5 Å². The van der Waals surface area contributed by atoms with E-state index in [2.05, 4.69) is 48.3 Å². The third-order valence-corrected chi connectivity index (χ3v) is 9.14. The molecule has 5 unspecified atom stereocenters. The summed E-state index contributed by atoms with van der Waals surface area (Å²) in [5.41, 5.74) is 3.35. The maximum absolute atomic E-state index is 12.1. The van der Waals surface area contributed by atoms with Gasteiger partial charge in [0.1, 0.15) is 5.78 Å². The molecule has 0 spiro atoms. The van der Waals surface area contributed by atoms with E-state index in [1.54, 1.807) is 0 Å². The fourth-order valence-electron chi connectivity index (χ4n) is 7.43. The highest BCUT2D eigenvalue weighted by Crippen LogP contribution is 2.62. The summed E-state index contributed by atoms with van der Waals surface area (Å²) in [7, 11) is 0. The number of benzene rings is 1. The van der Waals surface area contributed by atoms with Crippen molar-refractivity contribution in [3.63, 3.8) is 0 Å². The van der Waals surface area contributed by atoms with Crippen molar-refractivity contribution in [2.45, 2.75) is 69.8 Å². The molecule has 1 aromatic carbocycles. The zero-order valence-electron chi connectivity index (χ0n) is 18.3. The largest absolute Gasteiger partial charge is 0.385 e. The summed E-state index contributed by atoms with van der Waals surface area (Å²) in [4.78, 5) is 16.4. The van der Waals surface area contributed by atoms with E-state index in [1.807, 2.05) is 12.4 Å². The number of carbonyl (C=O) groups is 1. The van der Waals surface area contributed by atoms with Gasteiger partial charge in [-0.05, 0) is 95.9 Å². The van der Waals surface area contributed by atoms with E-state index in [0.29, 0.717) is 30.6 Å². The summed E-state index contributed by atoms with van der Waals surface area (Å²) in [6, 6.07) is 9.03. The number of fused-ring (bicyclic) bond motifs is 5. The molecule has 3 nitrogen and oxygen atoms in total. The second-order valence-electron chi connectivity index (χ2n) is 10.7. The molecule has 4 aliphatic carbocycles. The Morgan fingerprint density at radius 3 is 2.90 bits per heavy atom. The zero-order valence-corrected chi connectivity index (χ0v) is 18.3. The van der Waals surface area contributed by atoms with Gasteiger partial charge in [0, 0.05) is 30.6 Å². The Hall–Kier alpha value is -2.26. The molecular formula is C28H31NO2. The molecule has 5 atom stereocenters. The molecule has 1 aromatic heterocycles. The number of rotatable bonds is 1. The topological polar surface area (TPSA) is 50.2 Å². The number of aromatic nitrogens is 1. The minimum absolute atomic E-state index is 0.218. The lowest BCUT2D eigenvalue weighted by Crippen LogP contribution is -2.38. The monoisotopic (exact) mass is 413 g/mol. The zero-order chi connectivity index (χ0) is 21.2. The number of hydrogen-bond donors (Lipinski definition) is 1. The number of Topliss-reactive ketones (excluding diaryl/α,β-unsaturated/α-hetero) is 1. The molecule has 6 rings (SSSR count). The van der Waals surface area contributed by atoms with Crippen molar-refractivity contribution in [1.82, 2.24) is 4.98 Å². The van der Waals surface area contributed by atoms with Gasteiger partial charge >= 0.3 is 0 Å². The molecule has 2 saturated carbocycles. The van der Waals surface area contributed by atoms with E-state index in [4.69, 9.17) is 0 Å². The maximum Gasteiger partial charge on any atom is 0.136 e. The number of hydrogen-bond acceptors (Lipinski definition) is 3. The average Bonchev–Trinajstić information content (AvgIpc) is 3.04. The summed E-state index contributed by atoms with van der Waals surface area (Å²) in [6.45, 7) is 2.50. The number of allylic oxidation sites excluding steroid dienone is 3. The summed E-state index contributed by atoms with van der Waals surface area (Å²) >= 11 is 0. The van der Waals surface area contributed by atoms with Crippen molar-refractivity contribution in [3.8, 4) is 0 Å². The predicted octanol–water partition coefficient (Wildman–Crippen LogP) is 5.89. The normalized spacial score (nSPS) is 37.4. The number of ketones is 1. The molecule has 0 aliphatic heterocycles. The third kappa shape index (κ3) is 2.96. The molecule has 0 amide bonds. The van der Waals surface area contributed by atoms with E-state index in [0.717, 1.165) is 31.3 Å². The van der Waals surface area contributed by atoms with Crippen LogP contribution in [0, 0.1) is 17.3 Å². The first-order valence-electron chi connectivity index (χ1n) is 12.0. The number of pyridine rings is 1. The Morgan fingerprint density at radius 1 is 1.10 bits per heavy atom. The summed E-state index contributed by atoms with van der Waals surface area (Å²) in [5, 5.41) is 13.8. The van der Waals surface area contributed by atoms with Crippen LogP contribution in [0.15, 0.2) is 60.0 Å².